The molecule has 2 N–H and O–H groups in total. The van der Waals surface area contributed by atoms with E-state index in [2.05, 4.69) is 6.92 Å². The minimum absolute atomic E-state index is 0.0412. The van der Waals surface area contributed by atoms with Gasteiger partial charge in [-0.1, -0.05) is 13.3 Å². The third kappa shape index (κ3) is 3.42. The largest absolute Gasteiger partial charge is 0.469 e. The van der Waals surface area contributed by atoms with E-state index in [1.165, 1.54) is 7.11 Å². The van der Waals surface area contributed by atoms with Gasteiger partial charge in [-0.05, 0) is 31.1 Å². The minimum atomic E-state index is -0.161. The zero-order chi connectivity index (χ0) is 12.9. The smallest absolute Gasteiger partial charge is 0.306 e. The number of ether oxygens (including phenoxy) is 2. The molecule has 17 heavy (non-hydrogen) atoms. The van der Waals surface area contributed by atoms with E-state index in [9.17, 15) is 4.79 Å². The van der Waals surface area contributed by atoms with Gasteiger partial charge in [0, 0.05) is 13.2 Å². The molecule has 100 valence electrons. The fourth-order valence-electron chi connectivity index (χ4n) is 2.96. The lowest BCUT2D eigenvalue weighted by atomic mass is 9.65. The molecule has 4 heteroatoms. The Hall–Kier alpha value is -0.610. The second-order valence-corrected chi connectivity index (χ2v) is 5.08. The summed E-state index contributed by atoms with van der Waals surface area (Å²) in [6.07, 6.45) is 5.53. The van der Waals surface area contributed by atoms with Gasteiger partial charge in [0.05, 0.1) is 19.6 Å². The van der Waals surface area contributed by atoms with Crippen molar-refractivity contribution in [2.24, 2.45) is 11.1 Å². The molecule has 1 rings (SSSR count). The van der Waals surface area contributed by atoms with Gasteiger partial charge in [-0.15, -0.1) is 0 Å². The second-order valence-electron chi connectivity index (χ2n) is 5.08. The van der Waals surface area contributed by atoms with Crippen LogP contribution in [0.5, 0.6) is 0 Å². The van der Waals surface area contributed by atoms with Crippen molar-refractivity contribution in [2.45, 2.75) is 57.6 Å². The summed E-state index contributed by atoms with van der Waals surface area (Å²) in [5, 5.41) is 0. The molecule has 3 atom stereocenters. The summed E-state index contributed by atoms with van der Waals surface area (Å²) in [7, 11) is 3.17. The molecule has 0 aliphatic heterocycles. The van der Waals surface area contributed by atoms with Crippen LogP contribution in [0.15, 0.2) is 0 Å². The van der Waals surface area contributed by atoms with Gasteiger partial charge in [0.1, 0.15) is 0 Å². The third-order valence-electron chi connectivity index (χ3n) is 4.12. The van der Waals surface area contributed by atoms with E-state index >= 15 is 0 Å². The number of hydrogen-bond donors (Lipinski definition) is 1. The summed E-state index contributed by atoms with van der Waals surface area (Å²) in [4.78, 5) is 11.6. The molecule has 0 spiro atoms. The maximum atomic E-state index is 11.6. The summed E-state index contributed by atoms with van der Waals surface area (Å²) < 4.78 is 10.3. The zero-order valence-electron chi connectivity index (χ0n) is 11.2. The number of hydrogen-bond acceptors (Lipinski definition) is 4. The summed E-state index contributed by atoms with van der Waals surface area (Å²) in [5.74, 6) is -0.161. The highest BCUT2D eigenvalue weighted by Gasteiger charge is 2.42. The fourth-order valence-corrected chi connectivity index (χ4v) is 2.96. The van der Waals surface area contributed by atoms with Crippen LogP contribution in [0.3, 0.4) is 0 Å². The maximum absolute atomic E-state index is 11.6. The molecule has 1 saturated carbocycles. The third-order valence-corrected chi connectivity index (χ3v) is 4.12. The Morgan fingerprint density at radius 2 is 2.24 bits per heavy atom. The Balaban J connectivity index is 2.81. The number of carbonyl (C=O) groups excluding carboxylic acids is 1. The average molecular weight is 243 g/mol. The van der Waals surface area contributed by atoms with E-state index in [0.717, 1.165) is 32.1 Å². The van der Waals surface area contributed by atoms with Crippen LogP contribution in [0.4, 0.5) is 0 Å². The van der Waals surface area contributed by atoms with E-state index in [1.54, 1.807) is 7.11 Å². The number of rotatable bonds is 5. The standard InChI is InChI=1S/C13H25NO3/c1-4-11(14)13(9-12(15)17-3)7-5-6-10(8-13)16-2/h10-11H,4-9,14H2,1-3H3. The molecule has 0 saturated heterocycles. The predicted octanol–water partition coefficient (Wildman–Crippen LogP) is 1.86. The minimum Gasteiger partial charge on any atom is -0.469 e. The van der Waals surface area contributed by atoms with E-state index in [-0.39, 0.29) is 23.5 Å². The van der Waals surface area contributed by atoms with Crippen LogP contribution < -0.4 is 5.73 Å². The SMILES string of the molecule is CCC(N)C1(CC(=O)OC)CCCC(OC)C1. The van der Waals surface area contributed by atoms with Crippen LogP contribution >= 0.6 is 0 Å². The monoisotopic (exact) mass is 243 g/mol. The summed E-state index contributed by atoms with van der Waals surface area (Å²) in [6.45, 7) is 2.07. The second kappa shape index (κ2) is 6.36. The molecule has 1 aliphatic carbocycles. The topological polar surface area (TPSA) is 61.6 Å². The normalized spacial score (nSPS) is 30.9. The van der Waals surface area contributed by atoms with Gasteiger partial charge >= 0.3 is 5.97 Å². The number of nitrogens with two attached hydrogens (primary N) is 1. The van der Waals surface area contributed by atoms with Crippen molar-refractivity contribution in [1.29, 1.82) is 0 Å². The Morgan fingerprint density at radius 1 is 1.53 bits per heavy atom. The molecular weight excluding hydrogens is 218 g/mol. The van der Waals surface area contributed by atoms with Crippen LogP contribution in [-0.4, -0.2) is 32.3 Å². The quantitative estimate of drug-likeness (QED) is 0.749. The van der Waals surface area contributed by atoms with E-state index in [4.69, 9.17) is 15.2 Å². The predicted molar refractivity (Wildman–Crippen MR) is 66.6 cm³/mol. The Bertz CT molecular complexity index is 257. The summed E-state index contributed by atoms with van der Waals surface area (Å²) in [5.41, 5.74) is 6.10. The van der Waals surface area contributed by atoms with E-state index in [1.807, 2.05) is 0 Å². The van der Waals surface area contributed by atoms with Crippen molar-refractivity contribution < 1.29 is 14.3 Å². The highest BCUT2D eigenvalue weighted by molar-refractivity contribution is 5.70. The molecule has 4 nitrogen and oxygen atoms in total. The first-order valence-corrected chi connectivity index (χ1v) is 6.43. The fraction of sp³-hybridized carbons (Fsp3) is 0.923. The molecule has 1 aliphatic rings. The molecule has 3 unspecified atom stereocenters. The van der Waals surface area contributed by atoms with Gasteiger partial charge in [0.25, 0.3) is 0 Å². The lowest BCUT2D eigenvalue weighted by Crippen LogP contribution is -2.47. The molecule has 0 heterocycles. The van der Waals surface area contributed by atoms with Gasteiger partial charge in [0.15, 0.2) is 0 Å². The lowest BCUT2D eigenvalue weighted by Gasteiger charge is -2.43. The molecule has 0 aromatic rings. The molecule has 0 bridgehead atoms. The van der Waals surface area contributed by atoms with Crippen molar-refractivity contribution >= 4 is 5.97 Å². The number of esters is 1. The van der Waals surface area contributed by atoms with Crippen LogP contribution in [0, 0.1) is 5.41 Å². The van der Waals surface area contributed by atoms with Crippen LogP contribution in [0.25, 0.3) is 0 Å². The first-order chi connectivity index (χ1) is 8.07. The number of methoxy groups -OCH3 is 2. The van der Waals surface area contributed by atoms with Gasteiger partial charge in [0.2, 0.25) is 0 Å². The van der Waals surface area contributed by atoms with Crippen LogP contribution in [-0.2, 0) is 14.3 Å². The van der Waals surface area contributed by atoms with Gasteiger partial charge in [-0.3, -0.25) is 4.79 Å². The highest BCUT2D eigenvalue weighted by Crippen LogP contribution is 2.43. The van der Waals surface area contributed by atoms with Crippen molar-refractivity contribution in [2.75, 3.05) is 14.2 Å². The first-order valence-electron chi connectivity index (χ1n) is 6.43. The first kappa shape index (κ1) is 14.5. The molecule has 1 fully saturated rings. The van der Waals surface area contributed by atoms with Crippen molar-refractivity contribution in [3.63, 3.8) is 0 Å². The van der Waals surface area contributed by atoms with Crippen LogP contribution in [0.1, 0.15) is 45.4 Å². The molecule has 0 amide bonds. The zero-order valence-corrected chi connectivity index (χ0v) is 11.2. The molecular formula is C13H25NO3. The van der Waals surface area contributed by atoms with E-state index in [0.29, 0.717) is 6.42 Å². The average Bonchev–Trinajstić information content (AvgIpc) is 2.37. The van der Waals surface area contributed by atoms with Crippen molar-refractivity contribution in [3.8, 4) is 0 Å². The van der Waals surface area contributed by atoms with Crippen molar-refractivity contribution in [1.82, 2.24) is 0 Å². The highest BCUT2D eigenvalue weighted by atomic mass is 16.5. The summed E-state index contributed by atoms with van der Waals surface area (Å²) in [6, 6.07) is 0.0412. The Kier molecular flexibility index (Phi) is 5.40. The van der Waals surface area contributed by atoms with Crippen molar-refractivity contribution in [3.05, 3.63) is 0 Å². The molecule has 0 radical (unpaired) electrons. The van der Waals surface area contributed by atoms with Crippen LogP contribution in [0.2, 0.25) is 0 Å². The van der Waals surface area contributed by atoms with Gasteiger partial charge < -0.3 is 15.2 Å². The van der Waals surface area contributed by atoms with Gasteiger partial charge in [-0.2, -0.15) is 0 Å². The Morgan fingerprint density at radius 3 is 2.76 bits per heavy atom. The summed E-state index contributed by atoms with van der Waals surface area (Å²) >= 11 is 0. The van der Waals surface area contributed by atoms with E-state index < -0.39 is 0 Å². The van der Waals surface area contributed by atoms with Gasteiger partial charge in [-0.25, -0.2) is 0 Å². The lowest BCUT2D eigenvalue weighted by molar-refractivity contribution is -0.145. The Labute approximate surface area is 104 Å². The maximum Gasteiger partial charge on any atom is 0.306 e. The number of carbonyl (C=O) groups is 1. The molecule has 0 aromatic heterocycles. The molecule has 0 aromatic carbocycles.